The number of nitrogens with zero attached hydrogens (tertiary/aromatic N) is 2. The van der Waals surface area contributed by atoms with E-state index in [-0.39, 0.29) is 17.9 Å². The maximum absolute atomic E-state index is 13.0. The highest BCUT2D eigenvalue weighted by atomic mass is 19.1. The van der Waals surface area contributed by atoms with Crippen LogP contribution in [0.3, 0.4) is 0 Å². The molecule has 3 rings (SSSR count). The van der Waals surface area contributed by atoms with E-state index < -0.39 is 6.67 Å². The third-order valence-electron chi connectivity index (χ3n) is 6.11. The van der Waals surface area contributed by atoms with Gasteiger partial charge in [0.1, 0.15) is 18.2 Å². The number of rotatable bonds is 8. The first kappa shape index (κ1) is 22.3. The maximum atomic E-state index is 13.0. The van der Waals surface area contributed by atoms with E-state index in [0.717, 1.165) is 38.8 Å². The van der Waals surface area contributed by atoms with Crippen molar-refractivity contribution in [2.75, 3.05) is 53.6 Å². The number of ether oxygens (including phenoxy) is 2. The van der Waals surface area contributed by atoms with Crippen LogP contribution in [0, 0.1) is 5.92 Å². The molecule has 0 saturated carbocycles. The number of hydrogen-bond acceptors (Lipinski definition) is 5. The molecule has 0 bridgehead atoms. The summed E-state index contributed by atoms with van der Waals surface area (Å²) in [6.07, 6.45) is 3.49. The first-order chi connectivity index (χ1) is 14.5. The Kier molecular flexibility index (Phi) is 7.90. The van der Waals surface area contributed by atoms with Crippen LogP contribution in [0.4, 0.5) is 4.39 Å². The van der Waals surface area contributed by atoms with Gasteiger partial charge in [-0.25, -0.2) is 4.39 Å². The number of carbonyl (C=O) groups is 2. The molecule has 1 aromatic carbocycles. The Labute approximate surface area is 177 Å². The zero-order valence-corrected chi connectivity index (χ0v) is 17.9. The van der Waals surface area contributed by atoms with Crippen molar-refractivity contribution < 1.29 is 23.5 Å². The van der Waals surface area contributed by atoms with Gasteiger partial charge in [-0.2, -0.15) is 0 Å². The Morgan fingerprint density at radius 3 is 2.33 bits per heavy atom. The van der Waals surface area contributed by atoms with Gasteiger partial charge in [0.15, 0.2) is 0 Å². The third kappa shape index (κ3) is 5.62. The van der Waals surface area contributed by atoms with Gasteiger partial charge >= 0.3 is 0 Å². The molecular formula is C22H32FN3O4. The lowest BCUT2D eigenvalue weighted by atomic mass is 9.96. The number of likely N-dealkylation sites (tertiary alicyclic amines) is 2. The molecule has 0 radical (unpaired) electrons. The number of nitrogens with one attached hydrogen (secondary N) is 1. The first-order valence-electron chi connectivity index (χ1n) is 10.6. The fourth-order valence-electron chi connectivity index (χ4n) is 4.23. The normalized spacial score (nSPS) is 20.2. The lowest BCUT2D eigenvalue weighted by molar-refractivity contribution is -0.133. The largest absolute Gasteiger partial charge is 0.497 e. The molecule has 30 heavy (non-hydrogen) atoms. The number of alkyl halides is 1. The zero-order valence-electron chi connectivity index (χ0n) is 17.9. The minimum absolute atomic E-state index is 0.0360. The molecule has 2 saturated heterocycles. The molecule has 0 aliphatic carbocycles. The lowest BCUT2D eigenvalue weighted by Gasteiger charge is -2.33. The lowest BCUT2D eigenvalue weighted by Crippen LogP contribution is -2.46. The van der Waals surface area contributed by atoms with Gasteiger partial charge in [-0.05, 0) is 56.8 Å². The van der Waals surface area contributed by atoms with E-state index in [1.165, 1.54) is 0 Å². The summed E-state index contributed by atoms with van der Waals surface area (Å²) in [4.78, 5) is 28.9. The average molecular weight is 422 g/mol. The zero-order chi connectivity index (χ0) is 21.5. The predicted molar refractivity (Wildman–Crippen MR) is 112 cm³/mol. The summed E-state index contributed by atoms with van der Waals surface area (Å²) in [7, 11) is 3.10. The molecule has 1 N–H and O–H groups in total. The molecule has 2 amide bonds. The van der Waals surface area contributed by atoms with Gasteiger partial charge in [-0.3, -0.25) is 14.5 Å². The Hall–Kier alpha value is -2.35. The molecule has 2 heterocycles. The number of hydrogen-bond donors (Lipinski definition) is 1. The monoisotopic (exact) mass is 421 g/mol. The molecule has 7 nitrogen and oxygen atoms in total. The SMILES string of the molecule is COc1cc(OC)cc(C(=O)NCC2CCN(CC(=O)N3CCC[C@H]3CF)CC2)c1. The average Bonchev–Trinajstić information content (AvgIpc) is 3.27. The van der Waals surface area contributed by atoms with E-state index >= 15 is 0 Å². The Morgan fingerprint density at radius 2 is 1.73 bits per heavy atom. The fourth-order valence-corrected chi connectivity index (χ4v) is 4.23. The number of amides is 2. The highest BCUT2D eigenvalue weighted by molar-refractivity contribution is 5.95. The molecule has 0 aromatic heterocycles. The molecule has 1 atom stereocenters. The van der Waals surface area contributed by atoms with Gasteiger partial charge in [0, 0.05) is 24.7 Å². The molecule has 166 valence electrons. The van der Waals surface area contributed by atoms with E-state index in [1.807, 2.05) is 0 Å². The van der Waals surface area contributed by atoms with E-state index in [1.54, 1.807) is 37.3 Å². The summed E-state index contributed by atoms with van der Waals surface area (Å²) in [5, 5.41) is 3.00. The molecule has 1 aromatic rings. The Bertz CT molecular complexity index is 715. The van der Waals surface area contributed by atoms with Crippen molar-refractivity contribution in [1.29, 1.82) is 0 Å². The first-order valence-corrected chi connectivity index (χ1v) is 10.6. The highest BCUT2D eigenvalue weighted by Gasteiger charge is 2.30. The van der Waals surface area contributed by atoms with Gasteiger partial charge in [0.25, 0.3) is 5.91 Å². The smallest absolute Gasteiger partial charge is 0.251 e. The molecule has 0 unspecified atom stereocenters. The Balaban J connectivity index is 1.43. The summed E-state index contributed by atoms with van der Waals surface area (Å²) in [6, 6.07) is 4.87. The van der Waals surface area contributed by atoms with Crippen LogP contribution in [-0.2, 0) is 4.79 Å². The molecule has 2 aliphatic rings. The van der Waals surface area contributed by atoms with Crippen molar-refractivity contribution in [3.05, 3.63) is 23.8 Å². The van der Waals surface area contributed by atoms with Crippen molar-refractivity contribution in [3.8, 4) is 11.5 Å². The van der Waals surface area contributed by atoms with Gasteiger partial charge in [-0.15, -0.1) is 0 Å². The second-order valence-electron chi connectivity index (χ2n) is 8.07. The number of methoxy groups -OCH3 is 2. The van der Waals surface area contributed by atoms with Crippen molar-refractivity contribution in [2.24, 2.45) is 5.92 Å². The van der Waals surface area contributed by atoms with Crippen LogP contribution >= 0.6 is 0 Å². The van der Waals surface area contributed by atoms with Crippen LogP contribution < -0.4 is 14.8 Å². The number of piperidine rings is 1. The topological polar surface area (TPSA) is 71.1 Å². The second-order valence-corrected chi connectivity index (χ2v) is 8.07. The van der Waals surface area contributed by atoms with Crippen LogP contribution in [0.5, 0.6) is 11.5 Å². The standard InChI is InChI=1S/C22H32FN3O4/c1-29-19-10-17(11-20(12-19)30-2)22(28)24-14-16-5-8-25(9-6-16)15-21(27)26-7-3-4-18(26)13-23/h10-12,16,18H,3-9,13-15H2,1-2H3,(H,24,28)/t18-/m0/s1. The van der Waals surface area contributed by atoms with Crippen molar-refractivity contribution in [3.63, 3.8) is 0 Å². The van der Waals surface area contributed by atoms with Crippen molar-refractivity contribution in [2.45, 2.75) is 31.7 Å². The van der Waals surface area contributed by atoms with Gasteiger partial charge in [-0.1, -0.05) is 0 Å². The third-order valence-corrected chi connectivity index (χ3v) is 6.11. The predicted octanol–water partition coefficient (Wildman–Crippen LogP) is 2.11. The fraction of sp³-hybridized carbons (Fsp3) is 0.636. The minimum Gasteiger partial charge on any atom is -0.497 e. The second kappa shape index (κ2) is 10.6. The summed E-state index contributed by atoms with van der Waals surface area (Å²) in [5.41, 5.74) is 0.502. The van der Waals surface area contributed by atoms with E-state index in [0.29, 0.717) is 42.6 Å². The van der Waals surface area contributed by atoms with Gasteiger partial charge in [0.2, 0.25) is 5.91 Å². The number of carbonyl (C=O) groups excluding carboxylic acids is 2. The van der Waals surface area contributed by atoms with Crippen LogP contribution in [0.25, 0.3) is 0 Å². The van der Waals surface area contributed by atoms with E-state index in [2.05, 4.69) is 10.2 Å². The summed E-state index contributed by atoms with van der Waals surface area (Å²) in [5.74, 6) is 1.40. The van der Waals surface area contributed by atoms with E-state index in [4.69, 9.17) is 9.47 Å². The quantitative estimate of drug-likeness (QED) is 0.696. The number of benzene rings is 1. The molecular weight excluding hydrogens is 389 g/mol. The molecule has 8 heteroatoms. The number of halogens is 1. The van der Waals surface area contributed by atoms with Crippen LogP contribution in [0.15, 0.2) is 18.2 Å². The van der Waals surface area contributed by atoms with Crippen LogP contribution in [-0.4, -0.2) is 81.3 Å². The van der Waals surface area contributed by atoms with Crippen molar-refractivity contribution >= 4 is 11.8 Å². The van der Waals surface area contributed by atoms with Gasteiger partial charge in [0.05, 0.1) is 26.8 Å². The molecule has 2 fully saturated rings. The van der Waals surface area contributed by atoms with Gasteiger partial charge < -0.3 is 19.7 Å². The maximum Gasteiger partial charge on any atom is 0.251 e. The van der Waals surface area contributed by atoms with Crippen LogP contribution in [0.1, 0.15) is 36.0 Å². The minimum atomic E-state index is -0.452. The van der Waals surface area contributed by atoms with Crippen LogP contribution in [0.2, 0.25) is 0 Å². The molecule has 0 spiro atoms. The van der Waals surface area contributed by atoms with E-state index in [9.17, 15) is 14.0 Å². The van der Waals surface area contributed by atoms with Crippen molar-refractivity contribution in [1.82, 2.24) is 15.1 Å². The summed E-state index contributed by atoms with van der Waals surface area (Å²) in [6.45, 7) is 2.80. The summed E-state index contributed by atoms with van der Waals surface area (Å²) >= 11 is 0. The highest BCUT2D eigenvalue weighted by Crippen LogP contribution is 2.23. The summed E-state index contributed by atoms with van der Waals surface area (Å²) < 4.78 is 23.5. The molecule has 2 aliphatic heterocycles. The Morgan fingerprint density at radius 1 is 1.07 bits per heavy atom.